The average molecular weight is 428 g/mol. The molecular weight excluding hydrogens is 414 g/mol. The molecule has 2 unspecified atom stereocenters. The fourth-order valence-electron chi connectivity index (χ4n) is 2.76. The van der Waals surface area contributed by atoms with Gasteiger partial charge in [0.1, 0.15) is 6.10 Å². The Bertz CT molecular complexity index is 633. The molecule has 0 spiro atoms. The first-order chi connectivity index (χ1) is 12.7. The zero-order valence-corrected chi connectivity index (χ0v) is 13.9. The molecule has 1 saturated heterocycles. The van der Waals surface area contributed by atoms with E-state index in [0.29, 0.717) is 12.1 Å². The maximum absolute atomic E-state index is 14.3. The SMILES string of the molecule is FC(F)(F)c1ccc(C2CC(C(F)(C(F)(F)F)C(F)(F)F)OCCCO2)cc1. The zero-order valence-electron chi connectivity index (χ0n) is 13.9. The van der Waals surface area contributed by atoms with E-state index < -0.39 is 55.0 Å². The highest BCUT2D eigenvalue weighted by Crippen LogP contribution is 2.51. The molecule has 1 aliphatic heterocycles. The Morgan fingerprint density at radius 1 is 0.714 bits per heavy atom. The second kappa shape index (κ2) is 7.69. The highest BCUT2D eigenvalue weighted by atomic mass is 19.4. The summed E-state index contributed by atoms with van der Waals surface area (Å²) in [5, 5.41) is 0. The molecule has 2 atom stereocenters. The van der Waals surface area contributed by atoms with Crippen molar-refractivity contribution in [2.75, 3.05) is 13.2 Å². The third-order valence-corrected chi connectivity index (χ3v) is 4.23. The van der Waals surface area contributed by atoms with Gasteiger partial charge in [0.05, 0.1) is 11.7 Å². The molecule has 0 bridgehead atoms. The number of ether oxygens (including phenoxy) is 2. The van der Waals surface area contributed by atoms with Crippen molar-refractivity contribution >= 4 is 0 Å². The molecule has 12 heteroatoms. The molecule has 0 radical (unpaired) electrons. The van der Waals surface area contributed by atoms with E-state index in [-0.39, 0.29) is 18.6 Å². The molecule has 0 aliphatic carbocycles. The van der Waals surface area contributed by atoms with Crippen molar-refractivity contribution in [3.8, 4) is 0 Å². The second-order valence-corrected chi connectivity index (χ2v) is 6.14. The van der Waals surface area contributed by atoms with Crippen LogP contribution < -0.4 is 0 Å². The molecule has 2 rings (SSSR count). The van der Waals surface area contributed by atoms with Gasteiger partial charge in [0.15, 0.2) is 0 Å². The van der Waals surface area contributed by atoms with E-state index in [1.54, 1.807) is 0 Å². The van der Waals surface area contributed by atoms with Gasteiger partial charge in [-0.25, -0.2) is 4.39 Å². The molecule has 0 saturated carbocycles. The molecule has 1 fully saturated rings. The predicted molar refractivity (Wildman–Crippen MR) is 75.1 cm³/mol. The lowest BCUT2D eigenvalue weighted by atomic mass is 9.89. The van der Waals surface area contributed by atoms with Crippen LogP contribution in [0.1, 0.15) is 30.1 Å². The number of alkyl halides is 10. The van der Waals surface area contributed by atoms with Crippen LogP contribution in [0.25, 0.3) is 0 Å². The molecule has 0 amide bonds. The molecule has 2 nitrogen and oxygen atoms in total. The average Bonchev–Trinajstić information content (AvgIpc) is 2.51. The normalized spacial score (nSPS) is 23.2. The van der Waals surface area contributed by atoms with Crippen molar-refractivity contribution in [1.29, 1.82) is 0 Å². The van der Waals surface area contributed by atoms with Crippen LogP contribution in [0.15, 0.2) is 24.3 Å². The minimum absolute atomic E-state index is 0.126. The highest BCUT2D eigenvalue weighted by Gasteiger charge is 2.76. The molecule has 28 heavy (non-hydrogen) atoms. The first-order valence-electron chi connectivity index (χ1n) is 7.90. The van der Waals surface area contributed by atoms with Crippen molar-refractivity contribution in [1.82, 2.24) is 0 Å². The maximum atomic E-state index is 14.3. The van der Waals surface area contributed by atoms with Crippen LogP contribution in [0, 0.1) is 0 Å². The van der Waals surface area contributed by atoms with Crippen LogP contribution in [0.5, 0.6) is 0 Å². The largest absolute Gasteiger partial charge is 0.434 e. The van der Waals surface area contributed by atoms with Gasteiger partial charge in [-0.3, -0.25) is 0 Å². The lowest BCUT2D eigenvalue weighted by molar-refractivity contribution is -0.371. The predicted octanol–water partition coefficient (Wildman–Crippen LogP) is 5.78. The molecule has 1 heterocycles. The van der Waals surface area contributed by atoms with Gasteiger partial charge in [-0.1, -0.05) is 12.1 Å². The van der Waals surface area contributed by atoms with Gasteiger partial charge in [-0.2, -0.15) is 39.5 Å². The fourth-order valence-corrected chi connectivity index (χ4v) is 2.76. The summed E-state index contributed by atoms with van der Waals surface area (Å²) in [5.74, 6) is 0. The van der Waals surface area contributed by atoms with Gasteiger partial charge in [-0.05, 0) is 24.1 Å². The standard InChI is InChI=1S/C16H14F10O2/c17-13(15(21,22)23,16(24,25)26)12-8-11(27-6-1-7-28-12)9-2-4-10(5-3-9)14(18,19)20/h2-5,11-12H,1,6-8H2. The van der Waals surface area contributed by atoms with Gasteiger partial charge < -0.3 is 9.47 Å². The number of hydrogen-bond donors (Lipinski definition) is 0. The van der Waals surface area contributed by atoms with E-state index in [9.17, 15) is 43.9 Å². The molecule has 0 aromatic heterocycles. The quantitative estimate of drug-likeness (QED) is 0.557. The first-order valence-corrected chi connectivity index (χ1v) is 7.90. The topological polar surface area (TPSA) is 18.5 Å². The Morgan fingerprint density at radius 3 is 1.68 bits per heavy atom. The van der Waals surface area contributed by atoms with E-state index in [0.717, 1.165) is 12.1 Å². The lowest BCUT2D eigenvalue weighted by Crippen LogP contribution is -2.62. The summed E-state index contributed by atoms with van der Waals surface area (Å²) in [6.07, 6.45) is -23.2. The minimum Gasteiger partial charge on any atom is -0.374 e. The third kappa shape index (κ3) is 4.53. The van der Waals surface area contributed by atoms with Crippen LogP contribution in [0.3, 0.4) is 0 Å². The van der Waals surface area contributed by atoms with E-state index in [2.05, 4.69) is 4.74 Å². The Labute approximate surface area is 152 Å². The minimum atomic E-state index is -6.32. The molecule has 160 valence electrons. The summed E-state index contributed by atoms with van der Waals surface area (Å²) in [4.78, 5) is 0. The van der Waals surface area contributed by atoms with E-state index in [4.69, 9.17) is 4.74 Å². The smallest absolute Gasteiger partial charge is 0.374 e. The third-order valence-electron chi connectivity index (χ3n) is 4.23. The van der Waals surface area contributed by atoms with Crippen molar-refractivity contribution in [2.24, 2.45) is 0 Å². The van der Waals surface area contributed by atoms with Gasteiger partial charge in [0.25, 0.3) is 0 Å². The second-order valence-electron chi connectivity index (χ2n) is 6.14. The summed E-state index contributed by atoms with van der Waals surface area (Å²) in [5.41, 5.74) is -6.86. The maximum Gasteiger partial charge on any atom is 0.434 e. The van der Waals surface area contributed by atoms with Crippen molar-refractivity contribution in [3.63, 3.8) is 0 Å². The first kappa shape index (κ1) is 22.7. The molecule has 0 N–H and O–H groups in total. The number of hydrogen-bond acceptors (Lipinski definition) is 2. The van der Waals surface area contributed by atoms with Crippen molar-refractivity contribution < 1.29 is 53.4 Å². The Kier molecular flexibility index (Phi) is 6.25. The van der Waals surface area contributed by atoms with Crippen LogP contribution in [0.4, 0.5) is 43.9 Å². The lowest BCUT2D eigenvalue weighted by Gasteiger charge is -2.38. The number of benzene rings is 1. The van der Waals surface area contributed by atoms with Crippen molar-refractivity contribution in [2.45, 2.75) is 49.2 Å². The van der Waals surface area contributed by atoms with Crippen LogP contribution in [-0.4, -0.2) is 37.3 Å². The van der Waals surface area contributed by atoms with E-state index >= 15 is 0 Å². The van der Waals surface area contributed by atoms with E-state index in [1.165, 1.54) is 0 Å². The summed E-state index contributed by atoms with van der Waals surface area (Å²) < 4.78 is 140. The Balaban J connectivity index is 2.37. The molecular formula is C16H14F10O2. The van der Waals surface area contributed by atoms with Crippen molar-refractivity contribution in [3.05, 3.63) is 35.4 Å². The molecule has 1 aromatic carbocycles. The fraction of sp³-hybridized carbons (Fsp3) is 0.625. The van der Waals surface area contributed by atoms with Crippen LogP contribution >= 0.6 is 0 Å². The van der Waals surface area contributed by atoms with Gasteiger partial charge in [0.2, 0.25) is 0 Å². The molecule has 1 aliphatic rings. The monoisotopic (exact) mass is 428 g/mol. The summed E-state index contributed by atoms with van der Waals surface area (Å²) in [7, 11) is 0. The van der Waals surface area contributed by atoms with Gasteiger partial charge >= 0.3 is 24.2 Å². The van der Waals surface area contributed by atoms with Crippen LogP contribution in [-0.2, 0) is 15.7 Å². The van der Waals surface area contributed by atoms with Crippen LogP contribution in [0.2, 0.25) is 0 Å². The zero-order chi connectivity index (χ0) is 21.4. The Hall–Kier alpha value is -1.56. The number of rotatable bonds is 2. The van der Waals surface area contributed by atoms with Gasteiger partial charge in [0, 0.05) is 19.6 Å². The highest BCUT2D eigenvalue weighted by molar-refractivity contribution is 5.26. The summed E-state index contributed by atoms with van der Waals surface area (Å²) >= 11 is 0. The molecule has 1 aromatic rings. The summed E-state index contributed by atoms with van der Waals surface area (Å²) in [6.45, 7) is -0.752. The Morgan fingerprint density at radius 2 is 1.21 bits per heavy atom. The van der Waals surface area contributed by atoms with Gasteiger partial charge in [-0.15, -0.1) is 0 Å². The van der Waals surface area contributed by atoms with E-state index in [1.807, 2.05) is 0 Å². The summed E-state index contributed by atoms with van der Waals surface area (Å²) in [6, 6.07) is 2.91. The number of halogens is 10.